The topological polar surface area (TPSA) is 34.9 Å². The Kier molecular flexibility index (Phi) is 6.36. The number of aromatic nitrogens is 2. The van der Waals surface area contributed by atoms with E-state index in [-0.39, 0.29) is 5.78 Å². The Morgan fingerprint density at radius 1 is 1.33 bits per heavy atom. The molecule has 2 aromatic rings. The normalized spacial score (nSPS) is 9.50. The van der Waals surface area contributed by atoms with Gasteiger partial charge in [-0.3, -0.25) is 9.48 Å². The molecule has 3 nitrogen and oxygen atoms in total. The van der Waals surface area contributed by atoms with Gasteiger partial charge in [0, 0.05) is 13.2 Å². The highest BCUT2D eigenvalue weighted by molar-refractivity contribution is 9.09. The SMILES string of the molecule is CCc1ccccc1.Cn1cc(C(=O)CBr)cn1. The highest BCUT2D eigenvalue weighted by Gasteiger charge is 2.04. The van der Waals surface area contributed by atoms with Gasteiger partial charge in [-0.1, -0.05) is 53.2 Å². The summed E-state index contributed by atoms with van der Waals surface area (Å²) in [5.41, 5.74) is 2.06. The predicted octanol–water partition coefficient (Wildman–Crippen LogP) is 3.25. The van der Waals surface area contributed by atoms with Crippen LogP contribution >= 0.6 is 15.9 Å². The largest absolute Gasteiger partial charge is 0.293 e. The van der Waals surface area contributed by atoms with Crippen LogP contribution in [0.25, 0.3) is 0 Å². The van der Waals surface area contributed by atoms with Crippen LogP contribution in [0.4, 0.5) is 0 Å². The Labute approximate surface area is 116 Å². The van der Waals surface area contributed by atoms with Gasteiger partial charge in [0.2, 0.25) is 0 Å². The van der Waals surface area contributed by atoms with Crippen molar-refractivity contribution < 1.29 is 4.79 Å². The van der Waals surface area contributed by atoms with Crippen molar-refractivity contribution in [2.24, 2.45) is 7.05 Å². The minimum atomic E-state index is 0.0631. The number of carbonyl (C=O) groups is 1. The maximum atomic E-state index is 10.9. The van der Waals surface area contributed by atoms with Crippen LogP contribution in [0.1, 0.15) is 22.8 Å². The molecule has 1 aromatic carbocycles. The van der Waals surface area contributed by atoms with E-state index >= 15 is 0 Å². The molecule has 0 atom stereocenters. The molecule has 0 aliphatic rings. The van der Waals surface area contributed by atoms with Gasteiger partial charge in [-0.25, -0.2) is 0 Å². The van der Waals surface area contributed by atoms with Gasteiger partial charge in [-0.2, -0.15) is 5.10 Å². The average molecular weight is 309 g/mol. The van der Waals surface area contributed by atoms with Crippen LogP contribution in [-0.4, -0.2) is 20.9 Å². The standard InChI is InChI=1S/C8H10.C6H7BrN2O/c1-2-8-6-4-3-5-7-8;1-9-4-5(3-8-9)6(10)2-7/h3-7H,2H2,1H3;3-4H,2H2,1H3. The number of hydrogen-bond donors (Lipinski definition) is 0. The Morgan fingerprint density at radius 2 is 2.00 bits per heavy atom. The molecule has 0 spiro atoms. The van der Waals surface area contributed by atoms with Crippen LogP contribution < -0.4 is 0 Å². The number of halogens is 1. The number of nitrogens with zero attached hydrogens (tertiary/aromatic N) is 2. The summed E-state index contributed by atoms with van der Waals surface area (Å²) in [6, 6.07) is 10.5. The molecule has 0 aliphatic heterocycles. The Morgan fingerprint density at radius 3 is 2.39 bits per heavy atom. The third-order valence-electron chi connectivity index (χ3n) is 2.40. The second-order valence-electron chi connectivity index (χ2n) is 3.80. The Balaban J connectivity index is 0.000000184. The monoisotopic (exact) mass is 308 g/mol. The van der Waals surface area contributed by atoms with Crippen molar-refractivity contribution in [1.29, 1.82) is 0 Å². The summed E-state index contributed by atoms with van der Waals surface area (Å²) in [4.78, 5) is 10.9. The van der Waals surface area contributed by atoms with E-state index in [1.54, 1.807) is 24.1 Å². The van der Waals surface area contributed by atoms with Crippen LogP contribution in [0.5, 0.6) is 0 Å². The van der Waals surface area contributed by atoms with E-state index in [4.69, 9.17) is 0 Å². The summed E-state index contributed by atoms with van der Waals surface area (Å²) in [5, 5.41) is 4.22. The van der Waals surface area contributed by atoms with Gasteiger partial charge in [-0.05, 0) is 12.0 Å². The zero-order valence-electron chi connectivity index (χ0n) is 10.6. The lowest BCUT2D eigenvalue weighted by Crippen LogP contribution is -1.97. The van der Waals surface area contributed by atoms with Gasteiger partial charge in [-0.15, -0.1) is 0 Å². The second-order valence-corrected chi connectivity index (χ2v) is 4.36. The molecule has 0 radical (unpaired) electrons. The molecule has 0 N–H and O–H groups in total. The average Bonchev–Trinajstić information content (AvgIpc) is 2.86. The lowest BCUT2D eigenvalue weighted by molar-refractivity contribution is 0.102. The molecule has 2 rings (SSSR count). The van der Waals surface area contributed by atoms with E-state index in [1.807, 2.05) is 6.07 Å². The van der Waals surface area contributed by atoms with Crippen LogP contribution in [-0.2, 0) is 13.5 Å². The summed E-state index contributed by atoms with van der Waals surface area (Å²) >= 11 is 3.07. The molecule has 0 unspecified atom stereocenters. The highest BCUT2D eigenvalue weighted by Crippen LogP contribution is 1.99. The van der Waals surface area contributed by atoms with Gasteiger partial charge in [0.05, 0.1) is 17.1 Å². The first kappa shape index (κ1) is 14.6. The zero-order valence-corrected chi connectivity index (χ0v) is 12.2. The molecule has 0 fully saturated rings. The van der Waals surface area contributed by atoms with E-state index in [0.717, 1.165) is 6.42 Å². The second kappa shape index (κ2) is 7.82. The molecule has 0 bridgehead atoms. The molecule has 0 aliphatic carbocycles. The van der Waals surface area contributed by atoms with Crippen molar-refractivity contribution in [3.8, 4) is 0 Å². The van der Waals surface area contributed by atoms with E-state index in [2.05, 4.69) is 52.2 Å². The molecule has 18 heavy (non-hydrogen) atoms. The fraction of sp³-hybridized carbons (Fsp3) is 0.286. The third kappa shape index (κ3) is 4.84. The van der Waals surface area contributed by atoms with Crippen molar-refractivity contribution in [2.45, 2.75) is 13.3 Å². The van der Waals surface area contributed by atoms with E-state index in [0.29, 0.717) is 10.9 Å². The fourth-order valence-corrected chi connectivity index (χ4v) is 1.68. The Bertz CT molecular complexity index is 480. The number of hydrogen-bond acceptors (Lipinski definition) is 2. The maximum Gasteiger partial charge on any atom is 0.176 e. The van der Waals surface area contributed by atoms with Crippen molar-refractivity contribution in [3.63, 3.8) is 0 Å². The highest BCUT2D eigenvalue weighted by atomic mass is 79.9. The summed E-state index contributed by atoms with van der Waals surface area (Å²) in [7, 11) is 1.78. The third-order valence-corrected chi connectivity index (χ3v) is 2.91. The van der Waals surface area contributed by atoms with Gasteiger partial charge < -0.3 is 0 Å². The van der Waals surface area contributed by atoms with Crippen molar-refractivity contribution in [3.05, 3.63) is 53.9 Å². The quantitative estimate of drug-likeness (QED) is 0.644. The molecule has 0 amide bonds. The number of alkyl halides is 1. The molecule has 4 heteroatoms. The summed E-state index contributed by atoms with van der Waals surface area (Å²) in [5.74, 6) is 0.0631. The molecule has 96 valence electrons. The van der Waals surface area contributed by atoms with E-state index < -0.39 is 0 Å². The van der Waals surface area contributed by atoms with Crippen molar-refractivity contribution >= 4 is 21.7 Å². The number of ketones is 1. The van der Waals surface area contributed by atoms with E-state index in [1.165, 1.54) is 5.56 Å². The molecule has 1 aromatic heterocycles. The molecule has 1 heterocycles. The molecule has 0 saturated carbocycles. The Hall–Kier alpha value is -1.42. The number of Topliss-reactive ketones (excluding diaryl/α,β-unsaturated/α-hetero) is 1. The van der Waals surface area contributed by atoms with E-state index in [9.17, 15) is 4.79 Å². The van der Waals surface area contributed by atoms with Gasteiger partial charge in [0.1, 0.15) is 0 Å². The first-order valence-electron chi connectivity index (χ1n) is 5.79. The number of aryl methyl sites for hydroxylation is 2. The summed E-state index contributed by atoms with van der Waals surface area (Å²) in [6.45, 7) is 2.16. The minimum absolute atomic E-state index is 0.0631. The van der Waals surface area contributed by atoms with Crippen LogP contribution in [0.15, 0.2) is 42.7 Å². The van der Waals surface area contributed by atoms with Crippen LogP contribution in [0.2, 0.25) is 0 Å². The summed E-state index contributed by atoms with van der Waals surface area (Å²) < 4.78 is 1.61. The smallest absolute Gasteiger partial charge is 0.176 e. The van der Waals surface area contributed by atoms with Gasteiger partial charge in [0.15, 0.2) is 5.78 Å². The van der Waals surface area contributed by atoms with Crippen LogP contribution in [0.3, 0.4) is 0 Å². The zero-order chi connectivity index (χ0) is 13.4. The number of benzene rings is 1. The predicted molar refractivity (Wildman–Crippen MR) is 77.2 cm³/mol. The van der Waals surface area contributed by atoms with Gasteiger partial charge in [0.25, 0.3) is 0 Å². The fourth-order valence-electron chi connectivity index (χ4n) is 1.36. The van der Waals surface area contributed by atoms with Crippen LogP contribution in [0, 0.1) is 0 Å². The lowest BCUT2D eigenvalue weighted by atomic mass is 10.2. The van der Waals surface area contributed by atoms with Crippen molar-refractivity contribution in [2.75, 3.05) is 5.33 Å². The minimum Gasteiger partial charge on any atom is -0.293 e. The molecule has 0 saturated heterocycles. The first-order valence-corrected chi connectivity index (χ1v) is 6.91. The lowest BCUT2D eigenvalue weighted by Gasteiger charge is -1.89. The van der Waals surface area contributed by atoms with Crippen molar-refractivity contribution in [1.82, 2.24) is 9.78 Å². The first-order chi connectivity index (χ1) is 8.67. The molecular formula is C14H17BrN2O. The number of carbonyl (C=O) groups excluding carboxylic acids is 1. The van der Waals surface area contributed by atoms with Gasteiger partial charge >= 0.3 is 0 Å². The maximum absolute atomic E-state index is 10.9. The summed E-state index contributed by atoms with van der Waals surface area (Å²) in [6.07, 6.45) is 4.40. The molecular weight excluding hydrogens is 292 g/mol. The number of rotatable bonds is 3.